The van der Waals surface area contributed by atoms with Gasteiger partial charge in [0.05, 0.1) is 6.04 Å². The number of hydrogen-bond donors (Lipinski definition) is 3. The highest BCUT2D eigenvalue weighted by molar-refractivity contribution is 5.81. The van der Waals surface area contributed by atoms with Crippen LogP contribution in [0.3, 0.4) is 0 Å². The van der Waals surface area contributed by atoms with Crippen molar-refractivity contribution in [2.24, 2.45) is 5.73 Å². The quantitative estimate of drug-likeness (QED) is 0.633. The van der Waals surface area contributed by atoms with Crippen molar-refractivity contribution in [3.05, 3.63) is 0 Å². The zero-order valence-electron chi connectivity index (χ0n) is 10.5. The summed E-state index contributed by atoms with van der Waals surface area (Å²) in [5.74, 6) is -0.522. The third-order valence-electron chi connectivity index (χ3n) is 1.86. The summed E-state index contributed by atoms with van der Waals surface area (Å²) in [6.07, 6.45) is -0.568. The maximum Gasteiger partial charge on any atom is 0.407 e. The first-order valence-corrected chi connectivity index (χ1v) is 5.13. The van der Waals surface area contributed by atoms with Crippen LogP contribution in [0.25, 0.3) is 0 Å². The standard InChI is InChI=1S/C10H21N3O3/c1-6(7(12-5)8(11)14)13-9(15)16-10(2,3)4/h6-7,12H,1-5H3,(H2,11,14)(H,13,15). The molecule has 2 amide bonds. The average Bonchev–Trinajstić information content (AvgIpc) is 1.99. The fraction of sp³-hybridized carbons (Fsp3) is 0.800. The lowest BCUT2D eigenvalue weighted by Gasteiger charge is -2.25. The Morgan fingerprint density at radius 2 is 1.81 bits per heavy atom. The van der Waals surface area contributed by atoms with E-state index in [1.165, 1.54) is 0 Å². The molecule has 0 fully saturated rings. The number of carbonyl (C=O) groups is 2. The van der Waals surface area contributed by atoms with Crippen molar-refractivity contribution in [3.8, 4) is 0 Å². The molecule has 16 heavy (non-hydrogen) atoms. The average molecular weight is 231 g/mol. The van der Waals surface area contributed by atoms with Crippen molar-refractivity contribution in [2.45, 2.75) is 45.4 Å². The maximum absolute atomic E-state index is 11.4. The van der Waals surface area contributed by atoms with Crippen molar-refractivity contribution in [3.63, 3.8) is 0 Å². The summed E-state index contributed by atoms with van der Waals surface area (Å²) < 4.78 is 5.05. The number of ether oxygens (including phenoxy) is 1. The molecule has 0 aliphatic carbocycles. The Hall–Kier alpha value is -1.30. The SMILES string of the molecule is CNC(C(N)=O)C(C)NC(=O)OC(C)(C)C. The first-order valence-electron chi connectivity index (χ1n) is 5.13. The highest BCUT2D eigenvalue weighted by Crippen LogP contribution is 2.07. The number of nitrogens with two attached hydrogens (primary N) is 1. The van der Waals surface area contributed by atoms with E-state index < -0.39 is 29.7 Å². The van der Waals surface area contributed by atoms with Crippen molar-refractivity contribution >= 4 is 12.0 Å². The molecule has 0 aromatic carbocycles. The highest BCUT2D eigenvalue weighted by atomic mass is 16.6. The number of nitrogens with one attached hydrogen (secondary N) is 2. The molecule has 0 spiro atoms. The first-order chi connectivity index (χ1) is 7.17. The van der Waals surface area contributed by atoms with E-state index in [0.717, 1.165) is 0 Å². The van der Waals surface area contributed by atoms with Gasteiger partial charge in [-0.25, -0.2) is 4.79 Å². The van der Waals surface area contributed by atoms with Gasteiger partial charge in [-0.2, -0.15) is 0 Å². The molecule has 0 aliphatic rings. The maximum atomic E-state index is 11.4. The summed E-state index contributed by atoms with van der Waals surface area (Å²) in [7, 11) is 1.60. The summed E-state index contributed by atoms with van der Waals surface area (Å²) >= 11 is 0. The molecule has 0 heterocycles. The minimum Gasteiger partial charge on any atom is -0.444 e. The van der Waals surface area contributed by atoms with Gasteiger partial charge >= 0.3 is 6.09 Å². The molecule has 0 saturated heterocycles. The van der Waals surface area contributed by atoms with E-state index in [1.54, 1.807) is 34.7 Å². The van der Waals surface area contributed by atoms with E-state index in [0.29, 0.717) is 0 Å². The van der Waals surface area contributed by atoms with Crippen LogP contribution in [0.2, 0.25) is 0 Å². The summed E-state index contributed by atoms with van der Waals surface area (Å²) in [4.78, 5) is 22.4. The lowest BCUT2D eigenvalue weighted by Crippen LogP contribution is -2.54. The number of rotatable bonds is 4. The third kappa shape index (κ3) is 5.55. The molecule has 4 N–H and O–H groups in total. The van der Waals surface area contributed by atoms with Crippen LogP contribution >= 0.6 is 0 Å². The number of primary amides is 1. The van der Waals surface area contributed by atoms with Crippen LogP contribution in [0, 0.1) is 0 Å². The van der Waals surface area contributed by atoms with E-state index >= 15 is 0 Å². The minimum atomic E-state index is -0.618. The Morgan fingerprint density at radius 1 is 1.31 bits per heavy atom. The molecule has 0 rings (SSSR count). The normalized spacial score (nSPS) is 15.1. The predicted octanol–water partition coefficient (Wildman–Crippen LogP) is -0.0271. The zero-order chi connectivity index (χ0) is 12.9. The smallest absolute Gasteiger partial charge is 0.407 e. The number of carbonyl (C=O) groups excluding carboxylic acids is 2. The summed E-state index contributed by atoms with van der Waals surface area (Å²) in [5, 5.41) is 5.27. The monoisotopic (exact) mass is 231 g/mol. The summed E-state index contributed by atoms with van der Waals surface area (Å²) in [5.41, 5.74) is 4.59. The van der Waals surface area contributed by atoms with Crippen molar-refractivity contribution in [1.29, 1.82) is 0 Å². The molecular weight excluding hydrogens is 210 g/mol. The van der Waals surface area contributed by atoms with Gasteiger partial charge in [-0.3, -0.25) is 4.79 Å². The van der Waals surface area contributed by atoms with E-state index in [9.17, 15) is 9.59 Å². The number of alkyl carbamates (subject to hydrolysis) is 1. The molecule has 0 bridgehead atoms. The summed E-state index contributed by atoms with van der Waals surface area (Å²) in [6.45, 7) is 6.97. The molecule has 0 saturated carbocycles. The Kier molecular flexibility index (Phi) is 5.23. The number of likely N-dealkylation sites (N-methyl/N-ethyl adjacent to an activating group) is 1. The van der Waals surface area contributed by atoms with Gasteiger partial charge in [0.15, 0.2) is 0 Å². The van der Waals surface area contributed by atoms with Crippen LogP contribution in [0.1, 0.15) is 27.7 Å². The van der Waals surface area contributed by atoms with Crippen molar-refractivity contribution in [2.75, 3.05) is 7.05 Å². The molecule has 6 nitrogen and oxygen atoms in total. The lowest BCUT2D eigenvalue weighted by atomic mass is 10.1. The second kappa shape index (κ2) is 5.69. The lowest BCUT2D eigenvalue weighted by molar-refractivity contribution is -0.120. The minimum absolute atomic E-state index is 0.433. The fourth-order valence-electron chi connectivity index (χ4n) is 1.22. The summed E-state index contributed by atoms with van der Waals surface area (Å²) in [6, 6.07) is -1.05. The number of hydrogen-bond acceptors (Lipinski definition) is 4. The van der Waals surface area contributed by atoms with Gasteiger partial charge in [0.1, 0.15) is 11.6 Å². The Balaban J connectivity index is 4.28. The second-order valence-electron chi connectivity index (χ2n) is 4.60. The molecule has 6 heteroatoms. The molecular formula is C10H21N3O3. The second-order valence-corrected chi connectivity index (χ2v) is 4.60. The molecule has 2 atom stereocenters. The molecule has 0 radical (unpaired) electrons. The van der Waals surface area contributed by atoms with Gasteiger partial charge in [-0.15, -0.1) is 0 Å². The van der Waals surface area contributed by atoms with Gasteiger partial charge in [0.25, 0.3) is 0 Å². The van der Waals surface area contributed by atoms with Crippen LogP contribution in [-0.4, -0.2) is 36.7 Å². The van der Waals surface area contributed by atoms with Crippen molar-refractivity contribution < 1.29 is 14.3 Å². The zero-order valence-corrected chi connectivity index (χ0v) is 10.5. The first kappa shape index (κ1) is 14.7. The van der Waals surface area contributed by atoms with Gasteiger partial charge in [-0.1, -0.05) is 0 Å². The van der Waals surface area contributed by atoms with Gasteiger partial charge in [-0.05, 0) is 34.7 Å². The fourth-order valence-corrected chi connectivity index (χ4v) is 1.22. The van der Waals surface area contributed by atoms with Crippen LogP contribution in [0.5, 0.6) is 0 Å². The number of amides is 2. The van der Waals surface area contributed by atoms with E-state index in [4.69, 9.17) is 10.5 Å². The Labute approximate surface area is 95.9 Å². The van der Waals surface area contributed by atoms with Crippen LogP contribution < -0.4 is 16.4 Å². The molecule has 0 aromatic rings. The highest BCUT2D eigenvalue weighted by Gasteiger charge is 2.24. The predicted molar refractivity (Wildman–Crippen MR) is 60.9 cm³/mol. The Morgan fingerprint density at radius 3 is 2.12 bits per heavy atom. The topological polar surface area (TPSA) is 93.5 Å². The molecule has 94 valence electrons. The molecule has 0 aromatic heterocycles. The molecule has 0 aliphatic heterocycles. The van der Waals surface area contributed by atoms with Crippen LogP contribution in [0.4, 0.5) is 4.79 Å². The molecule has 2 unspecified atom stereocenters. The largest absolute Gasteiger partial charge is 0.444 e. The van der Waals surface area contributed by atoms with Gasteiger partial charge in [0, 0.05) is 0 Å². The van der Waals surface area contributed by atoms with Crippen molar-refractivity contribution in [1.82, 2.24) is 10.6 Å². The van der Waals surface area contributed by atoms with E-state index in [-0.39, 0.29) is 0 Å². The van der Waals surface area contributed by atoms with Gasteiger partial charge < -0.3 is 21.1 Å². The Bertz CT molecular complexity index is 261. The third-order valence-corrected chi connectivity index (χ3v) is 1.86. The van der Waals surface area contributed by atoms with E-state index in [1.807, 2.05) is 0 Å². The van der Waals surface area contributed by atoms with Crippen LogP contribution in [-0.2, 0) is 9.53 Å². The van der Waals surface area contributed by atoms with Crippen LogP contribution in [0.15, 0.2) is 0 Å². The van der Waals surface area contributed by atoms with E-state index in [2.05, 4.69) is 10.6 Å². The van der Waals surface area contributed by atoms with Gasteiger partial charge in [0.2, 0.25) is 5.91 Å².